The van der Waals surface area contributed by atoms with Gasteiger partial charge in [0.25, 0.3) is 0 Å². The molecule has 3 aliphatic carbocycles. The van der Waals surface area contributed by atoms with Crippen LogP contribution in [0.5, 0.6) is 0 Å². The Kier molecular flexibility index (Phi) is 14.6. The van der Waals surface area contributed by atoms with Gasteiger partial charge in [0, 0.05) is 6.42 Å². The highest BCUT2D eigenvalue weighted by Crippen LogP contribution is 2.59. The molecule has 0 aromatic rings. The number of hydrogen-bond acceptors (Lipinski definition) is 6. The Morgan fingerprint density at radius 1 is 0.962 bits per heavy atom. The summed E-state index contributed by atoms with van der Waals surface area (Å²) in [4.78, 5) is 25.3. The third kappa shape index (κ3) is 10.7. The fourth-order valence-electron chi connectivity index (χ4n) is 8.07. The molecule has 6 atom stereocenters. The smallest absolute Gasteiger partial charge is 0.434 e. The number of allylic oxidation sites excluding steroid dienone is 4. The van der Waals surface area contributed by atoms with E-state index >= 15 is 0 Å². The van der Waals surface area contributed by atoms with Crippen molar-refractivity contribution >= 4 is 28.6 Å². The van der Waals surface area contributed by atoms with E-state index in [1.165, 1.54) is 18.4 Å². The second-order valence-electron chi connectivity index (χ2n) is 20.0. The molecule has 0 spiro atoms. The molecule has 3 fully saturated rings. The minimum absolute atomic E-state index is 0.0287. The molecule has 52 heavy (non-hydrogen) atoms. The van der Waals surface area contributed by atoms with E-state index in [2.05, 4.69) is 100 Å². The van der Waals surface area contributed by atoms with E-state index < -0.39 is 28.4 Å². The third-order valence-electron chi connectivity index (χ3n) is 13.6. The van der Waals surface area contributed by atoms with Crippen LogP contribution in [0.2, 0.25) is 36.3 Å². The van der Waals surface area contributed by atoms with Crippen LogP contribution in [0.25, 0.3) is 0 Å². The SMILES string of the molecule is C=C1C(=CC=C2CCC[C@]3(C)[C@@H]([C@H](C)C=CC(=O)C(C)(C)OC(=O)OCCCC)CC[C@@H]23)C[C@@H](O[Si](C)(C)C(C)(C)C)C[C@@H]1O[Si](C)(C)C(C)(C)C. The number of unbranched alkanes of at least 4 members (excludes halogenated alkanes) is 1. The average molecular weight is 757 g/mol. The van der Waals surface area contributed by atoms with Gasteiger partial charge < -0.3 is 18.3 Å². The molecule has 0 N–H and O–H groups in total. The van der Waals surface area contributed by atoms with Crippen LogP contribution in [-0.2, 0) is 23.1 Å². The first-order chi connectivity index (χ1) is 23.8. The second-order valence-corrected chi connectivity index (χ2v) is 29.5. The van der Waals surface area contributed by atoms with E-state index in [0.29, 0.717) is 18.4 Å². The van der Waals surface area contributed by atoms with E-state index in [4.69, 9.17) is 18.3 Å². The van der Waals surface area contributed by atoms with Crippen molar-refractivity contribution in [1.29, 1.82) is 0 Å². The summed E-state index contributed by atoms with van der Waals surface area (Å²) in [6.45, 7) is 38.3. The molecule has 0 saturated heterocycles. The van der Waals surface area contributed by atoms with Crippen LogP contribution in [-0.4, -0.2) is 53.0 Å². The van der Waals surface area contributed by atoms with Gasteiger partial charge in [0.1, 0.15) is 0 Å². The summed E-state index contributed by atoms with van der Waals surface area (Å²) in [5, 5.41) is 0.254. The van der Waals surface area contributed by atoms with Crippen LogP contribution in [0.1, 0.15) is 134 Å². The molecular weight excluding hydrogens is 681 g/mol. The number of carbonyl (C=O) groups is 2. The number of rotatable bonds is 13. The molecule has 0 aliphatic heterocycles. The van der Waals surface area contributed by atoms with E-state index in [-0.39, 0.29) is 39.4 Å². The van der Waals surface area contributed by atoms with E-state index in [9.17, 15) is 9.59 Å². The average Bonchev–Trinajstić information content (AvgIpc) is 3.36. The maximum atomic E-state index is 13.2. The Morgan fingerprint density at radius 3 is 2.17 bits per heavy atom. The standard InChI is InChI=1S/C44H76O6Si2/c1-17-18-28-47-40(46)48-43(10,11)39(45)26-21-31(2)36-24-25-37-33(20-19-27-44(36,37)12)22-23-34-29-35(49-51(13,14)41(4,5)6)30-38(32(34)3)50-52(15,16)42(7,8)9/h21-23,26,31,35-38H,3,17-20,24-25,27-30H2,1-2,4-16H3/t31-,35-,36-,37+,38+,44-/m1/s1. The Bertz CT molecular complexity index is 1370. The van der Waals surface area contributed by atoms with Gasteiger partial charge in [0.2, 0.25) is 0 Å². The van der Waals surface area contributed by atoms with Gasteiger partial charge in [-0.3, -0.25) is 4.79 Å². The highest BCUT2D eigenvalue weighted by atomic mass is 28.4. The van der Waals surface area contributed by atoms with Gasteiger partial charge in [-0.15, -0.1) is 0 Å². The maximum Gasteiger partial charge on any atom is 0.509 e. The van der Waals surface area contributed by atoms with Gasteiger partial charge in [-0.05, 0) is 135 Å². The second kappa shape index (κ2) is 17.0. The van der Waals surface area contributed by atoms with Crippen molar-refractivity contribution in [3.8, 4) is 0 Å². The van der Waals surface area contributed by atoms with Gasteiger partial charge >= 0.3 is 6.16 Å². The monoisotopic (exact) mass is 757 g/mol. The molecule has 0 radical (unpaired) electrons. The van der Waals surface area contributed by atoms with Crippen LogP contribution >= 0.6 is 0 Å². The Balaban J connectivity index is 1.82. The van der Waals surface area contributed by atoms with Crippen molar-refractivity contribution in [3.63, 3.8) is 0 Å². The van der Waals surface area contributed by atoms with Crippen LogP contribution in [0, 0.1) is 23.2 Å². The van der Waals surface area contributed by atoms with Crippen molar-refractivity contribution in [2.45, 2.75) is 188 Å². The topological polar surface area (TPSA) is 71.1 Å². The Morgan fingerprint density at radius 2 is 1.58 bits per heavy atom. The Hall–Kier alpha value is -1.75. The molecule has 296 valence electrons. The largest absolute Gasteiger partial charge is 0.509 e. The Labute approximate surface area is 320 Å². The summed E-state index contributed by atoms with van der Waals surface area (Å²) in [5.41, 5.74) is 2.85. The molecular formula is C44H76O6Si2. The zero-order chi connectivity index (χ0) is 39.5. The molecule has 0 heterocycles. The summed E-state index contributed by atoms with van der Waals surface area (Å²) >= 11 is 0. The van der Waals surface area contributed by atoms with Crippen molar-refractivity contribution < 1.29 is 27.9 Å². The fraction of sp³-hybridized carbons (Fsp3) is 0.773. The minimum Gasteiger partial charge on any atom is -0.434 e. The number of ether oxygens (including phenoxy) is 2. The zero-order valence-electron chi connectivity index (χ0n) is 35.9. The summed E-state index contributed by atoms with van der Waals surface area (Å²) in [6, 6.07) is 0. The van der Waals surface area contributed by atoms with Crippen LogP contribution in [0.4, 0.5) is 4.79 Å². The predicted molar refractivity (Wildman–Crippen MR) is 222 cm³/mol. The predicted octanol–water partition coefficient (Wildman–Crippen LogP) is 12.7. The third-order valence-corrected chi connectivity index (χ3v) is 22.6. The van der Waals surface area contributed by atoms with Crippen molar-refractivity contribution in [2.75, 3.05) is 6.61 Å². The van der Waals surface area contributed by atoms with Crippen LogP contribution in [0.15, 0.2) is 47.6 Å². The van der Waals surface area contributed by atoms with Gasteiger partial charge in [-0.2, -0.15) is 0 Å². The minimum atomic E-state index is -2.03. The molecule has 0 unspecified atom stereocenters. The van der Waals surface area contributed by atoms with E-state index in [1.54, 1.807) is 25.5 Å². The highest BCUT2D eigenvalue weighted by molar-refractivity contribution is 6.74. The number of fused-ring (bicyclic) bond motifs is 1. The lowest BCUT2D eigenvalue weighted by molar-refractivity contribution is -0.131. The lowest BCUT2D eigenvalue weighted by Crippen LogP contribution is -2.49. The number of hydrogen-bond donors (Lipinski definition) is 0. The lowest BCUT2D eigenvalue weighted by atomic mass is 9.61. The van der Waals surface area contributed by atoms with Crippen molar-refractivity contribution in [3.05, 3.63) is 47.6 Å². The fourth-order valence-corrected chi connectivity index (χ4v) is 10.7. The van der Waals surface area contributed by atoms with Crippen LogP contribution in [0.3, 0.4) is 0 Å². The number of carbonyl (C=O) groups excluding carboxylic acids is 2. The molecule has 3 saturated carbocycles. The molecule has 8 heteroatoms. The van der Waals surface area contributed by atoms with E-state index in [0.717, 1.165) is 50.5 Å². The molecule has 0 aromatic carbocycles. The van der Waals surface area contributed by atoms with Crippen molar-refractivity contribution in [2.24, 2.45) is 23.2 Å². The van der Waals surface area contributed by atoms with Crippen LogP contribution < -0.4 is 0 Å². The summed E-state index contributed by atoms with van der Waals surface area (Å²) < 4.78 is 24.7. The van der Waals surface area contributed by atoms with Gasteiger partial charge in [-0.1, -0.05) is 99.1 Å². The summed E-state index contributed by atoms with van der Waals surface area (Å²) in [6.07, 6.45) is 17.0. The normalized spacial score (nSPS) is 28.7. The molecule has 3 aliphatic rings. The van der Waals surface area contributed by atoms with E-state index in [1.807, 2.05) is 13.0 Å². The van der Waals surface area contributed by atoms with Gasteiger partial charge in [0.05, 0.1) is 18.8 Å². The highest BCUT2D eigenvalue weighted by Gasteiger charge is 2.50. The summed E-state index contributed by atoms with van der Waals surface area (Å²) in [5.74, 6) is 0.989. The summed E-state index contributed by atoms with van der Waals surface area (Å²) in [7, 11) is -4.01. The first-order valence-electron chi connectivity index (χ1n) is 20.3. The molecule has 0 bridgehead atoms. The molecule has 6 nitrogen and oxygen atoms in total. The molecule has 0 amide bonds. The lowest BCUT2D eigenvalue weighted by Gasteiger charge is -2.45. The van der Waals surface area contributed by atoms with Gasteiger partial charge in [0.15, 0.2) is 28.0 Å². The van der Waals surface area contributed by atoms with Crippen molar-refractivity contribution in [1.82, 2.24) is 0 Å². The number of ketones is 1. The van der Waals surface area contributed by atoms with Gasteiger partial charge in [-0.25, -0.2) is 4.79 Å². The molecule has 3 rings (SSSR count). The maximum absolute atomic E-state index is 13.2. The first-order valence-corrected chi connectivity index (χ1v) is 26.1. The molecule has 0 aromatic heterocycles. The zero-order valence-corrected chi connectivity index (χ0v) is 37.9. The first kappa shape index (κ1) is 44.6. The quantitative estimate of drug-likeness (QED) is 0.0806.